The van der Waals surface area contributed by atoms with E-state index < -0.39 is 0 Å². The van der Waals surface area contributed by atoms with Gasteiger partial charge in [-0.3, -0.25) is 0 Å². The molecule has 0 unspecified atom stereocenters. The van der Waals surface area contributed by atoms with Crippen molar-refractivity contribution in [3.8, 4) is 44.5 Å². The van der Waals surface area contributed by atoms with Gasteiger partial charge in [-0.25, -0.2) is 0 Å². The summed E-state index contributed by atoms with van der Waals surface area (Å²) in [7, 11) is 0. The molecule has 1 nitrogen and oxygen atoms in total. The first-order chi connectivity index (χ1) is 39.2. The average molecular weight is 1000 g/mol. The molecular formula is C78H48O. The van der Waals surface area contributed by atoms with Crippen LogP contribution in [0.25, 0.3) is 163 Å². The van der Waals surface area contributed by atoms with Crippen LogP contribution in [0, 0.1) is 0 Å². The van der Waals surface area contributed by atoms with E-state index in [1.165, 1.54) is 141 Å². The largest absolute Gasteiger partial charge is 0.455 e. The molecule has 0 aliphatic rings. The van der Waals surface area contributed by atoms with Gasteiger partial charge >= 0.3 is 0 Å². The van der Waals surface area contributed by atoms with Crippen LogP contribution in [0.15, 0.2) is 296 Å². The fourth-order valence-electron chi connectivity index (χ4n) is 13.3. The van der Waals surface area contributed by atoms with Gasteiger partial charge in [-0.15, -0.1) is 0 Å². The lowest BCUT2D eigenvalue weighted by atomic mass is 9.83. The van der Waals surface area contributed by atoms with Crippen molar-refractivity contribution >= 4 is 119 Å². The maximum Gasteiger partial charge on any atom is 0.143 e. The normalized spacial score (nSPS) is 11.8. The Bertz CT molecular complexity index is 5200. The first-order valence-electron chi connectivity index (χ1n) is 27.3. The molecule has 0 spiro atoms. The van der Waals surface area contributed by atoms with E-state index >= 15 is 0 Å². The number of furan rings is 1. The maximum absolute atomic E-state index is 6.59. The second-order valence-electron chi connectivity index (χ2n) is 20.9. The molecule has 0 aliphatic heterocycles. The van der Waals surface area contributed by atoms with Gasteiger partial charge in [-0.2, -0.15) is 0 Å². The Morgan fingerprint density at radius 1 is 0.190 bits per heavy atom. The number of hydrogen-bond acceptors (Lipinski definition) is 1. The van der Waals surface area contributed by atoms with Crippen LogP contribution in [0.2, 0.25) is 0 Å². The third-order valence-electron chi connectivity index (χ3n) is 16.6. The van der Waals surface area contributed by atoms with E-state index in [4.69, 9.17) is 4.42 Å². The van der Waals surface area contributed by atoms with Crippen LogP contribution < -0.4 is 0 Å². The second-order valence-corrected chi connectivity index (χ2v) is 20.9. The van der Waals surface area contributed by atoms with Crippen molar-refractivity contribution in [1.82, 2.24) is 0 Å². The van der Waals surface area contributed by atoms with Crippen molar-refractivity contribution in [3.05, 3.63) is 291 Å². The highest BCUT2D eigenvalue weighted by Gasteiger charge is 2.22. The lowest BCUT2D eigenvalue weighted by Gasteiger charge is -2.20. The lowest BCUT2D eigenvalue weighted by Crippen LogP contribution is -1.92. The number of hydrogen-bond donors (Lipinski definition) is 0. The van der Waals surface area contributed by atoms with Gasteiger partial charge in [0.25, 0.3) is 0 Å². The van der Waals surface area contributed by atoms with Crippen molar-refractivity contribution in [2.24, 2.45) is 0 Å². The monoisotopic (exact) mass is 1000 g/mol. The van der Waals surface area contributed by atoms with Gasteiger partial charge in [0.15, 0.2) is 0 Å². The molecule has 0 bridgehead atoms. The molecule has 0 fully saturated rings. The number of benzene rings is 16. The quantitative estimate of drug-likeness (QED) is 0.126. The van der Waals surface area contributed by atoms with Crippen LogP contribution in [0.1, 0.15) is 0 Å². The summed E-state index contributed by atoms with van der Waals surface area (Å²) in [6, 6.07) is 106. The SMILES string of the molecule is c1ccc(-c2c3ccccc3c(-c3cc4ccc5ccccc5c4c4ccccc34)c3ccccc23)cc1.c1ccc2cc(-c3c4ccccc4c(-c4cccc5oc6c7ccccc7ccc6c45)c4ccccc34)ccc2c1. The molecular weight excluding hydrogens is 953 g/mol. The lowest BCUT2D eigenvalue weighted by molar-refractivity contribution is 0.673. The predicted molar refractivity (Wildman–Crippen MR) is 339 cm³/mol. The Labute approximate surface area is 456 Å². The Hall–Kier alpha value is -10.3. The molecule has 1 heterocycles. The van der Waals surface area contributed by atoms with Gasteiger partial charge < -0.3 is 4.42 Å². The van der Waals surface area contributed by atoms with E-state index in [0.29, 0.717) is 0 Å². The topological polar surface area (TPSA) is 13.1 Å². The molecule has 0 N–H and O–H groups in total. The highest BCUT2D eigenvalue weighted by atomic mass is 16.3. The molecule has 0 saturated carbocycles. The summed E-state index contributed by atoms with van der Waals surface area (Å²) in [5, 5.41) is 25.1. The summed E-state index contributed by atoms with van der Waals surface area (Å²) in [5.74, 6) is 0. The van der Waals surface area contributed by atoms with Gasteiger partial charge in [-0.1, -0.05) is 267 Å². The van der Waals surface area contributed by atoms with Gasteiger partial charge in [0.2, 0.25) is 0 Å². The first kappa shape index (κ1) is 44.9. The van der Waals surface area contributed by atoms with Crippen molar-refractivity contribution in [3.63, 3.8) is 0 Å². The maximum atomic E-state index is 6.59. The molecule has 1 heteroatoms. The van der Waals surface area contributed by atoms with Gasteiger partial charge in [0.1, 0.15) is 11.2 Å². The van der Waals surface area contributed by atoms with Gasteiger partial charge in [0.05, 0.1) is 0 Å². The number of rotatable bonds is 4. The van der Waals surface area contributed by atoms with Crippen LogP contribution in [0.3, 0.4) is 0 Å². The summed E-state index contributed by atoms with van der Waals surface area (Å²) < 4.78 is 6.59. The summed E-state index contributed by atoms with van der Waals surface area (Å²) in [6.45, 7) is 0. The third-order valence-corrected chi connectivity index (χ3v) is 16.6. The van der Waals surface area contributed by atoms with E-state index in [1.807, 2.05) is 0 Å². The third kappa shape index (κ3) is 7.10. The first-order valence-corrected chi connectivity index (χ1v) is 27.3. The zero-order valence-corrected chi connectivity index (χ0v) is 43.1. The summed E-state index contributed by atoms with van der Waals surface area (Å²) in [5.41, 5.74) is 12.0. The van der Waals surface area contributed by atoms with E-state index in [1.54, 1.807) is 0 Å². The minimum Gasteiger partial charge on any atom is -0.455 e. The highest BCUT2D eigenvalue weighted by Crippen LogP contribution is 2.50. The summed E-state index contributed by atoms with van der Waals surface area (Å²) in [6.07, 6.45) is 0. The predicted octanol–water partition coefficient (Wildman–Crippen LogP) is 22.3. The average Bonchev–Trinajstić information content (AvgIpc) is 4.16. The molecule has 366 valence electrons. The second kappa shape index (κ2) is 18.2. The number of fused-ring (bicyclic) bond motifs is 15. The van der Waals surface area contributed by atoms with Crippen molar-refractivity contribution in [2.75, 3.05) is 0 Å². The molecule has 0 saturated heterocycles. The van der Waals surface area contributed by atoms with Gasteiger partial charge in [-0.05, 0) is 160 Å². The Kier molecular flexibility index (Phi) is 10.3. The fraction of sp³-hybridized carbons (Fsp3) is 0. The molecule has 0 radical (unpaired) electrons. The molecule has 16 aromatic carbocycles. The van der Waals surface area contributed by atoms with E-state index in [-0.39, 0.29) is 0 Å². The van der Waals surface area contributed by atoms with Crippen LogP contribution in [-0.4, -0.2) is 0 Å². The molecule has 0 aliphatic carbocycles. The van der Waals surface area contributed by atoms with Crippen LogP contribution in [0.5, 0.6) is 0 Å². The van der Waals surface area contributed by atoms with Crippen molar-refractivity contribution in [1.29, 1.82) is 0 Å². The minimum absolute atomic E-state index is 0.917. The highest BCUT2D eigenvalue weighted by molar-refractivity contribution is 6.30. The molecule has 17 aromatic rings. The molecule has 0 atom stereocenters. The van der Waals surface area contributed by atoms with Gasteiger partial charge in [0, 0.05) is 16.2 Å². The fourth-order valence-corrected chi connectivity index (χ4v) is 13.3. The van der Waals surface area contributed by atoms with Crippen LogP contribution in [-0.2, 0) is 0 Å². The minimum atomic E-state index is 0.917. The molecule has 79 heavy (non-hydrogen) atoms. The van der Waals surface area contributed by atoms with E-state index in [2.05, 4.69) is 291 Å². The Morgan fingerprint density at radius 3 is 1.24 bits per heavy atom. The van der Waals surface area contributed by atoms with E-state index in [9.17, 15) is 0 Å². The standard InChI is InChI=1S/C40H24O.C38H24/c1-2-12-27-24-28(21-20-25(27)10-1)37-30-14-5-7-16-32(30)38(33-17-8-6-15-31(33)37)34-18-9-19-36-39(34)35-23-22-26-11-3-4-13-29(26)40(35)41-36;1-2-13-26(14-3-1)36-31-18-8-10-20-33(31)38(34-21-11-9-19-32(34)36)35-24-27-23-22-25-12-4-5-15-28(25)37(27)30-17-7-6-16-29(30)35/h1-24H;1-24H. The summed E-state index contributed by atoms with van der Waals surface area (Å²) in [4.78, 5) is 0. The molecule has 0 amide bonds. The van der Waals surface area contributed by atoms with Crippen molar-refractivity contribution < 1.29 is 4.42 Å². The summed E-state index contributed by atoms with van der Waals surface area (Å²) >= 11 is 0. The zero-order chi connectivity index (χ0) is 52.0. The van der Waals surface area contributed by atoms with Crippen molar-refractivity contribution in [2.45, 2.75) is 0 Å². The van der Waals surface area contributed by atoms with E-state index in [0.717, 1.165) is 21.9 Å². The molecule has 1 aromatic heterocycles. The zero-order valence-electron chi connectivity index (χ0n) is 43.1. The Balaban J connectivity index is 0.000000132. The Morgan fingerprint density at radius 2 is 0.620 bits per heavy atom. The van der Waals surface area contributed by atoms with Crippen LogP contribution in [0.4, 0.5) is 0 Å². The smallest absolute Gasteiger partial charge is 0.143 e. The molecule has 17 rings (SSSR count). The van der Waals surface area contributed by atoms with Crippen LogP contribution >= 0.6 is 0 Å².